The fourth-order valence-electron chi connectivity index (χ4n) is 2.12. The van der Waals surface area contributed by atoms with Crippen LogP contribution < -0.4 is 15.0 Å². The van der Waals surface area contributed by atoms with Gasteiger partial charge in [-0.05, 0) is 18.2 Å². The Hall–Kier alpha value is -2.07. The van der Waals surface area contributed by atoms with Gasteiger partial charge in [0.15, 0.2) is 11.5 Å². The smallest absolute Gasteiger partial charge is 0.162 e. The molecule has 0 aromatic heterocycles. The summed E-state index contributed by atoms with van der Waals surface area (Å²) < 4.78 is 5.11. The zero-order chi connectivity index (χ0) is 15.4. The molecule has 4 nitrogen and oxygen atoms in total. The number of methoxy groups -OCH3 is 1. The van der Waals surface area contributed by atoms with E-state index in [4.69, 9.17) is 16.3 Å². The highest BCUT2D eigenvalue weighted by atomic mass is 35.5. The molecule has 5 heteroatoms. The predicted molar refractivity (Wildman–Crippen MR) is 87.8 cm³/mol. The number of ether oxygens (including phenoxy) is 1. The van der Waals surface area contributed by atoms with Gasteiger partial charge in [0.25, 0.3) is 0 Å². The average Bonchev–Trinajstić information content (AvgIpc) is 2.47. The first-order valence-corrected chi connectivity index (χ1v) is 6.96. The van der Waals surface area contributed by atoms with E-state index in [1.165, 1.54) is 7.11 Å². The van der Waals surface area contributed by atoms with Crippen molar-refractivity contribution in [2.45, 2.75) is 6.54 Å². The van der Waals surface area contributed by atoms with E-state index in [1.807, 2.05) is 43.3 Å². The zero-order valence-electron chi connectivity index (χ0n) is 12.4. The van der Waals surface area contributed by atoms with E-state index in [-0.39, 0.29) is 5.75 Å². The molecule has 0 radical (unpaired) electrons. The number of hydrogen-bond donors (Lipinski definition) is 2. The highest BCUT2D eigenvalue weighted by Gasteiger charge is 2.11. The Morgan fingerprint density at radius 3 is 2.62 bits per heavy atom. The number of anilines is 2. The second-order valence-electron chi connectivity index (χ2n) is 4.88. The molecule has 2 rings (SSSR count). The molecule has 0 saturated heterocycles. The van der Waals surface area contributed by atoms with Crippen molar-refractivity contribution in [3.8, 4) is 11.5 Å². The second-order valence-corrected chi connectivity index (χ2v) is 5.32. The summed E-state index contributed by atoms with van der Waals surface area (Å²) in [6, 6.07) is 11.3. The monoisotopic (exact) mass is 306 g/mol. The molecule has 0 spiro atoms. The number of nitrogens with zero attached hydrogens (tertiary/aromatic N) is 1. The van der Waals surface area contributed by atoms with E-state index < -0.39 is 0 Å². The summed E-state index contributed by atoms with van der Waals surface area (Å²) in [4.78, 5) is 2.03. The molecule has 0 bridgehead atoms. The molecule has 0 aliphatic heterocycles. The Kier molecular flexibility index (Phi) is 4.81. The number of nitrogens with one attached hydrogen (secondary N) is 1. The summed E-state index contributed by atoms with van der Waals surface area (Å²) in [6.45, 7) is 0.452. The quantitative estimate of drug-likeness (QED) is 0.883. The van der Waals surface area contributed by atoms with Gasteiger partial charge in [-0.3, -0.25) is 0 Å². The summed E-state index contributed by atoms with van der Waals surface area (Å²) in [5.41, 5.74) is 2.75. The Morgan fingerprint density at radius 1 is 1.24 bits per heavy atom. The fourth-order valence-corrected chi connectivity index (χ4v) is 2.35. The molecule has 0 saturated carbocycles. The number of para-hydroxylation sites is 2. The van der Waals surface area contributed by atoms with Crippen molar-refractivity contribution in [3.05, 3.63) is 47.0 Å². The third-order valence-corrected chi connectivity index (χ3v) is 3.41. The maximum Gasteiger partial charge on any atom is 0.162 e. The first-order chi connectivity index (χ1) is 10.0. The van der Waals surface area contributed by atoms with Crippen molar-refractivity contribution < 1.29 is 9.84 Å². The van der Waals surface area contributed by atoms with Gasteiger partial charge in [0.2, 0.25) is 0 Å². The minimum absolute atomic E-state index is 0.108. The molecule has 0 amide bonds. The van der Waals surface area contributed by atoms with Gasteiger partial charge in [0.1, 0.15) is 0 Å². The number of aromatic hydroxyl groups is 1. The van der Waals surface area contributed by atoms with Gasteiger partial charge in [-0.2, -0.15) is 0 Å². The van der Waals surface area contributed by atoms with Crippen LogP contribution in [0.15, 0.2) is 36.4 Å². The average molecular weight is 307 g/mol. The number of phenols is 1. The number of rotatable bonds is 5. The molecule has 0 unspecified atom stereocenters. The lowest BCUT2D eigenvalue weighted by Crippen LogP contribution is -2.12. The fraction of sp³-hybridized carbons (Fsp3) is 0.250. The van der Waals surface area contributed by atoms with Gasteiger partial charge in [-0.15, -0.1) is 0 Å². The van der Waals surface area contributed by atoms with E-state index in [2.05, 4.69) is 5.32 Å². The van der Waals surface area contributed by atoms with Crippen molar-refractivity contribution in [1.82, 2.24) is 0 Å². The Morgan fingerprint density at radius 2 is 1.95 bits per heavy atom. The second kappa shape index (κ2) is 6.59. The number of benzene rings is 2. The summed E-state index contributed by atoms with van der Waals surface area (Å²) >= 11 is 6.04. The topological polar surface area (TPSA) is 44.7 Å². The van der Waals surface area contributed by atoms with E-state index in [0.29, 0.717) is 22.9 Å². The van der Waals surface area contributed by atoms with Crippen LogP contribution in [0.5, 0.6) is 11.5 Å². The third-order valence-electron chi connectivity index (χ3n) is 3.19. The van der Waals surface area contributed by atoms with E-state index >= 15 is 0 Å². The van der Waals surface area contributed by atoms with Crippen LogP contribution in [0.1, 0.15) is 5.56 Å². The lowest BCUT2D eigenvalue weighted by molar-refractivity contribution is 0.371. The molecule has 0 aliphatic carbocycles. The van der Waals surface area contributed by atoms with Crippen molar-refractivity contribution >= 4 is 23.0 Å². The molecule has 0 aliphatic rings. The van der Waals surface area contributed by atoms with Crippen LogP contribution >= 0.6 is 11.6 Å². The molecule has 0 heterocycles. The summed E-state index contributed by atoms with van der Waals surface area (Å²) in [7, 11) is 5.48. The highest BCUT2D eigenvalue weighted by Crippen LogP contribution is 2.34. The van der Waals surface area contributed by atoms with Crippen molar-refractivity contribution in [2.75, 3.05) is 31.4 Å². The van der Waals surface area contributed by atoms with Crippen LogP contribution in [-0.2, 0) is 6.54 Å². The number of halogens is 1. The van der Waals surface area contributed by atoms with Crippen molar-refractivity contribution in [2.24, 2.45) is 0 Å². The number of phenolic OH excluding ortho intramolecular Hbond substituents is 1. The van der Waals surface area contributed by atoms with Gasteiger partial charge in [0, 0.05) is 37.3 Å². The number of hydrogen-bond acceptors (Lipinski definition) is 4. The largest absolute Gasteiger partial charge is 0.504 e. The Labute approximate surface area is 129 Å². The highest BCUT2D eigenvalue weighted by molar-refractivity contribution is 6.30. The maximum absolute atomic E-state index is 10.1. The molecular formula is C16H19ClN2O2. The molecule has 0 atom stereocenters. The predicted octanol–water partition coefficient (Wildman–Crippen LogP) is 3.73. The lowest BCUT2D eigenvalue weighted by atomic mass is 10.1. The standard InChI is InChI=1S/C16H19ClN2O2/c1-19(2)14-7-5-4-6-13(14)18-10-11-8-12(17)9-15(21-3)16(11)20/h4-9,18,20H,10H2,1-3H3. The molecule has 2 aromatic carbocycles. The minimum atomic E-state index is 0.108. The SMILES string of the molecule is COc1cc(Cl)cc(CNc2ccccc2N(C)C)c1O. The van der Waals surface area contributed by atoms with Crippen LogP contribution in [0, 0.1) is 0 Å². The molecule has 2 aromatic rings. The Balaban J connectivity index is 2.23. The third kappa shape index (κ3) is 3.52. The van der Waals surface area contributed by atoms with Crippen LogP contribution in [0.3, 0.4) is 0 Å². The van der Waals surface area contributed by atoms with Crippen molar-refractivity contribution in [1.29, 1.82) is 0 Å². The molecule has 0 fully saturated rings. The van der Waals surface area contributed by atoms with Gasteiger partial charge >= 0.3 is 0 Å². The zero-order valence-corrected chi connectivity index (χ0v) is 13.1. The first-order valence-electron chi connectivity index (χ1n) is 6.58. The first kappa shape index (κ1) is 15.3. The van der Waals surface area contributed by atoms with Gasteiger partial charge in [-0.25, -0.2) is 0 Å². The molecule has 112 valence electrons. The minimum Gasteiger partial charge on any atom is -0.504 e. The van der Waals surface area contributed by atoms with Crippen LogP contribution in [0.2, 0.25) is 5.02 Å². The lowest BCUT2D eigenvalue weighted by Gasteiger charge is -2.19. The summed E-state index contributed by atoms with van der Waals surface area (Å²) in [5.74, 6) is 0.483. The van der Waals surface area contributed by atoms with E-state index in [1.54, 1.807) is 12.1 Å². The van der Waals surface area contributed by atoms with Gasteiger partial charge in [0.05, 0.1) is 18.5 Å². The molecule has 2 N–H and O–H groups in total. The van der Waals surface area contributed by atoms with Crippen LogP contribution in [-0.4, -0.2) is 26.3 Å². The van der Waals surface area contributed by atoms with E-state index in [0.717, 1.165) is 11.4 Å². The van der Waals surface area contributed by atoms with Gasteiger partial charge < -0.3 is 20.1 Å². The van der Waals surface area contributed by atoms with Crippen molar-refractivity contribution in [3.63, 3.8) is 0 Å². The normalized spacial score (nSPS) is 10.3. The van der Waals surface area contributed by atoms with Gasteiger partial charge in [-0.1, -0.05) is 23.7 Å². The maximum atomic E-state index is 10.1. The summed E-state index contributed by atoms with van der Waals surface area (Å²) in [6.07, 6.45) is 0. The molecular weight excluding hydrogens is 288 g/mol. The Bertz CT molecular complexity index is 630. The van der Waals surface area contributed by atoms with Crippen LogP contribution in [0.4, 0.5) is 11.4 Å². The molecule has 21 heavy (non-hydrogen) atoms. The van der Waals surface area contributed by atoms with E-state index in [9.17, 15) is 5.11 Å². The summed E-state index contributed by atoms with van der Waals surface area (Å²) in [5, 5.41) is 14.0. The van der Waals surface area contributed by atoms with Crippen LogP contribution in [0.25, 0.3) is 0 Å².